The van der Waals surface area contributed by atoms with Crippen molar-refractivity contribution in [3.8, 4) is 0 Å². The number of rotatable bonds is 1. The Kier molecular flexibility index (Phi) is 3.06. The van der Waals surface area contributed by atoms with Gasteiger partial charge in [0, 0.05) is 24.1 Å². The minimum Gasteiger partial charge on any atom is -0.357 e. The zero-order valence-electron chi connectivity index (χ0n) is 8.41. The van der Waals surface area contributed by atoms with E-state index >= 15 is 0 Å². The van der Waals surface area contributed by atoms with E-state index in [-0.39, 0.29) is 0 Å². The molecule has 0 N–H and O–H groups in total. The van der Waals surface area contributed by atoms with Gasteiger partial charge in [0.25, 0.3) is 0 Å². The first-order valence-corrected chi connectivity index (χ1v) is 5.99. The number of aromatic nitrogens is 1. The maximum atomic E-state index is 4.44. The van der Waals surface area contributed by atoms with Gasteiger partial charge in [0.15, 0.2) is 0 Å². The maximum Gasteiger partial charge on any atom is 0.128 e. The van der Waals surface area contributed by atoms with E-state index in [0.717, 1.165) is 18.9 Å². The second-order valence-electron chi connectivity index (χ2n) is 3.86. The van der Waals surface area contributed by atoms with Gasteiger partial charge in [-0.3, -0.25) is 0 Å². The molecular formula is C11H15BrN2. The minimum absolute atomic E-state index is 0.698. The van der Waals surface area contributed by atoms with Gasteiger partial charge in [-0.25, -0.2) is 4.98 Å². The number of aryl methyl sites for hydroxylation is 1. The van der Waals surface area contributed by atoms with Crippen LogP contribution in [-0.2, 0) is 0 Å². The summed E-state index contributed by atoms with van der Waals surface area (Å²) in [5, 5.41) is 0. The van der Waals surface area contributed by atoms with E-state index in [1.807, 2.05) is 6.20 Å². The van der Waals surface area contributed by atoms with Gasteiger partial charge in [0.1, 0.15) is 5.82 Å². The summed E-state index contributed by atoms with van der Waals surface area (Å²) in [6, 6.07) is 4.24. The smallest absolute Gasteiger partial charge is 0.128 e. The quantitative estimate of drug-likeness (QED) is 0.717. The monoisotopic (exact) mass is 254 g/mol. The molecule has 0 aliphatic carbocycles. The molecule has 0 atom stereocenters. The van der Waals surface area contributed by atoms with Crippen molar-refractivity contribution >= 4 is 21.7 Å². The van der Waals surface area contributed by atoms with Gasteiger partial charge in [-0.1, -0.05) is 22.0 Å². The molecule has 1 fully saturated rings. The Balaban J connectivity index is 2.05. The van der Waals surface area contributed by atoms with Crippen LogP contribution in [-0.4, -0.2) is 22.9 Å². The van der Waals surface area contributed by atoms with Gasteiger partial charge < -0.3 is 4.90 Å². The summed E-state index contributed by atoms with van der Waals surface area (Å²) in [6.07, 6.45) is 4.38. The third-order valence-corrected chi connectivity index (χ3v) is 3.56. The summed E-state index contributed by atoms with van der Waals surface area (Å²) < 4.78 is 0. The molecule has 0 amide bonds. The summed E-state index contributed by atoms with van der Waals surface area (Å²) in [5.74, 6) is 1.12. The molecule has 0 bridgehead atoms. The molecule has 14 heavy (non-hydrogen) atoms. The van der Waals surface area contributed by atoms with Crippen molar-refractivity contribution in [3.05, 3.63) is 23.9 Å². The molecule has 2 rings (SSSR count). The van der Waals surface area contributed by atoms with Crippen LogP contribution in [0, 0.1) is 6.92 Å². The Bertz CT molecular complexity index is 289. The number of anilines is 1. The van der Waals surface area contributed by atoms with Crippen LogP contribution in [0.4, 0.5) is 5.82 Å². The second-order valence-corrected chi connectivity index (χ2v) is 5.15. The first kappa shape index (κ1) is 9.97. The third-order valence-electron chi connectivity index (χ3n) is 2.64. The standard InChI is InChI=1S/C11H15BrN2/c1-9-2-3-11(13-8-9)14-6-4-10(12)5-7-14/h2-3,8,10H,4-7H2,1H3. The average molecular weight is 255 g/mol. The fourth-order valence-electron chi connectivity index (χ4n) is 1.72. The summed E-state index contributed by atoms with van der Waals surface area (Å²) in [4.78, 5) is 7.49. The molecule has 1 aromatic heterocycles. The van der Waals surface area contributed by atoms with Crippen LogP contribution in [0.2, 0.25) is 0 Å². The van der Waals surface area contributed by atoms with Crippen LogP contribution in [0.3, 0.4) is 0 Å². The summed E-state index contributed by atoms with van der Waals surface area (Å²) >= 11 is 3.65. The fourth-order valence-corrected chi connectivity index (χ4v) is 2.13. The Morgan fingerprint density at radius 2 is 2.07 bits per heavy atom. The average Bonchev–Trinajstić information content (AvgIpc) is 2.21. The number of alkyl halides is 1. The second kappa shape index (κ2) is 4.30. The van der Waals surface area contributed by atoms with Gasteiger partial charge in [-0.15, -0.1) is 0 Å². The Morgan fingerprint density at radius 3 is 2.64 bits per heavy atom. The van der Waals surface area contributed by atoms with E-state index < -0.39 is 0 Å². The lowest BCUT2D eigenvalue weighted by atomic mass is 10.1. The van der Waals surface area contributed by atoms with Crippen molar-refractivity contribution in [1.82, 2.24) is 4.98 Å². The summed E-state index contributed by atoms with van der Waals surface area (Å²) in [6.45, 7) is 4.31. The Hall–Kier alpha value is -0.570. The van der Waals surface area contributed by atoms with E-state index in [4.69, 9.17) is 0 Å². The molecule has 0 unspecified atom stereocenters. The lowest BCUT2D eigenvalue weighted by Gasteiger charge is -2.30. The van der Waals surface area contributed by atoms with E-state index in [0.29, 0.717) is 4.83 Å². The van der Waals surface area contributed by atoms with Crippen LogP contribution in [0.5, 0.6) is 0 Å². The molecule has 0 saturated carbocycles. The predicted octanol–water partition coefficient (Wildman–Crippen LogP) is 2.75. The molecule has 2 nitrogen and oxygen atoms in total. The topological polar surface area (TPSA) is 16.1 Å². The van der Waals surface area contributed by atoms with E-state index in [1.54, 1.807) is 0 Å². The van der Waals surface area contributed by atoms with Crippen LogP contribution in [0.15, 0.2) is 18.3 Å². The van der Waals surface area contributed by atoms with Crippen LogP contribution < -0.4 is 4.90 Å². The van der Waals surface area contributed by atoms with Crippen molar-refractivity contribution in [1.29, 1.82) is 0 Å². The molecular weight excluding hydrogens is 240 g/mol. The molecule has 76 valence electrons. The number of hydrogen-bond donors (Lipinski definition) is 0. The molecule has 3 heteroatoms. The van der Waals surface area contributed by atoms with E-state index in [2.05, 4.69) is 44.9 Å². The highest BCUT2D eigenvalue weighted by Gasteiger charge is 2.17. The van der Waals surface area contributed by atoms with Gasteiger partial charge in [0.2, 0.25) is 0 Å². The van der Waals surface area contributed by atoms with Crippen molar-refractivity contribution < 1.29 is 0 Å². The van der Waals surface area contributed by atoms with Crippen molar-refractivity contribution in [3.63, 3.8) is 0 Å². The van der Waals surface area contributed by atoms with E-state index in [9.17, 15) is 0 Å². The zero-order valence-corrected chi connectivity index (χ0v) is 10.00. The first-order valence-electron chi connectivity index (χ1n) is 5.07. The van der Waals surface area contributed by atoms with Gasteiger partial charge in [0.05, 0.1) is 0 Å². The third kappa shape index (κ3) is 2.27. The van der Waals surface area contributed by atoms with Crippen LogP contribution >= 0.6 is 15.9 Å². The Morgan fingerprint density at radius 1 is 1.36 bits per heavy atom. The summed E-state index contributed by atoms with van der Waals surface area (Å²) in [7, 11) is 0. The fraction of sp³-hybridized carbons (Fsp3) is 0.545. The number of halogens is 1. The highest BCUT2D eigenvalue weighted by Crippen LogP contribution is 2.21. The number of hydrogen-bond acceptors (Lipinski definition) is 2. The summed E-state index contributed by atoms with van der Waals surface area (Å²) in [5.41, 5.74) is 1.23. The molecule has 0 spiro atoms. The molecule has 2 heterocycles. The molecule has 1 aliphatic heterocycles. The van der Waals surface area contributed by atoms with Crippen molar-refractivity contribution in [2.24, 2.45) is 0 Å². The van der Waals surface area contributed by atoms with Gasteiger partial charge in [-0.05, 0) is 31.4 Å². The maximum absolute atomic E-state index is 4.44. The predicted molar refractivity (Wildman–Crippen MR) is 63.1 cm³/mol. The highest BCUT2D eigenvalue weighted by atomic mass is 79.9. The van der Waals surface area contributed by atoms with Crippen molar-refractivity contribution in [2.75, 3.05) is 18.0 Å². The largest absolute Gasteiger partial charge is 0.357 e. The molecule has 0 radical (unpaired) electrons. The normalized spacial score (nSPS) is 18.6. The number of pyridine rings is 1. The number of nitrogens with zero attached hydrogens (tertiary/aromatic N) is 2. The number of piperidine rings is 1. The zero-order chi connectivity index (χ0) is 9.97. The first-order chi connectivity index (χ1) is 6.75. The van der Waals surface area contributed by atoms with Gasteiger partial charge >= 0.3 is 0 Å². The molecule has 1 aliphatic rings. The van der Waals surface area contributed by atoms with Crippen LogP contribution in [0.1, 0.15) is 18.4 Å². The molecule has 1 aromatic rings. The van der Waals surface area contributed by atoms with E-state index in [1.165, 1.54) is 18.4 Å². The molecule has 1 saturated heterocycles. The minimum atomic E-state index is 0.698. The van der Waals surface area contributed by atoms with Gasteiger partial charge in [-0.2, -0.15) is 0 Å². The molecule has 0 aromatic carbocycles. The Labute approximate surface area is 93.5 Å². The SMILES string of the molecule is Cc1ccc(N2CCC(Br)CC2)nc1. The lowest BCUT2D eigenvalue weighted by molar-refractivity contribution is 0.592. The van der Waals surface area contributed by atoms with Crippen molar-refractivity contribution in [2.45, 2.75) is 24.6 Å². The highest BCUT2D eigenvalue weighted by molar-refractivity contribution is 9.09. The lowest BCUT2D eigenvalue weighted by Crippen LogP contribution is -2.34. The van der Waals surface area contributed by atoms with Crippen LogP contribution in [0.25, 0.3) is 0 Å².